The zero-order valence-electron chi connectivity index (χ0n) is 12.2. The highest BCUT2D eigenvalue weighted by Gasteiger charge is 2.22. The van der Waals surface area contributed by atoms with Crippen LogP contribution in [0.3, 0.4) is 0 Å². The molecule has 0 heterocycles. The van der Waals surface area contributed by atoms with Gasteiger partial charge in [-0.05, 0) is 37.3 Å². The lowest BCUT2D eigenvalue weighted by Gasteiger charge is -2.11. The smallest absolute Gasteiger partial charge is 0.339 e. The molecule has 0 N–H and O–H groups in total. The predicted octanol–water partition coefficient (Wildman–Crippen LogP) is 2.94. The Kier molecular flexibility index (Phi) is 4.65. The molecule has 0 aliphatic heterocycles. The van der Waals surface area contributed by atoms with Crippen LogP contribution < -0.4 is 8.92 Å². The molecule has 0 unspecified atom stereocenters. The molecule has 0 saturated heterocycles. The Balaban J connectivity index is 2.47. The van der Waals surface area contributed by atoms with Crippen LogP contribution in [-0.4, -0.2) is 21.3 Å². The summed E-state index contributed by atoms with van der Waals surface area (Å²) in [6, 6.07) is 6.06. The molecule has 122 valence electrons. The SMILES string of the molecule is COc1ccc(C(C)=O)c(OS(=O)(=O)c2ccc(F)c(F)c2)c1. The minimum absolute atomic E-state index is 0.0111. The molecule has 8 heteroatoms. The number of hydrogen-bond acceptors (Lipinski definition) is 5. The lowest BCUT2D eigenvalue weighted by molar-refractivity contribution is 0.101. The van der Waals surface area contributed by atoms with Crippen LogP contribution in [0.25, 0.3) is 0 Å². The summed E-state index contributed by atoms with van der Waals surface area (Å²) in [5.41, 5.74) is 0.0111. The van der Waals surface area contributed by atoms with E-state index in [1.807, 2.05) is 0 Å². The highest BCUT2D eigenvalue weighted by atomic mass is 32.2. The molecule has 0 saturated carbocycles. The van der Waals surface area contributed by atoms with Crippen LogP contribution in [0, 0.1) is 11.6 Å². The fourth-order valence-corrected chi connectivity index (χ4v) is 2.74. The zero-order chi connectivity index (χ0) is 17.2. The summed E-state index contributed by atoms with van der Waals surface area (Å²) in [6.45, 7) is 1.23. The number of carbonyl (C=O) groups excluding carboxylic acids is 1. The molecule has 0 fully saturated rings. The molecule has 0 aliphatic carbocycles. The molecular formula is C15H12F2O5S. The monoisotopic (exact) mass is 342 g/mol. The first-order valence-corrected chi connectivity index (χ1v) is 7.74. The second kappa shape index (κ2) is 6.33. The minimum Gasteiger partial charge on any atom is -0.497 e. The van der Waals surface area contributed by atoms with Crippen molar-refractivity contribution in [3.8, 4) is 11.5 Å². The first kappa shape index (κ1) is 16.9. The first-order valence-electron chi connectivity index (χ1n) is 6.33. The quantitative estimate of drug-likeness (QED) is 0.617. The Hall–Kier alpha value is -2.48. The number of carbonyl (C=O) groups is 1. The Morgan fingerprint density at radius 3 is 2.30 bits per heavy atom. The molecule has 0 aliphatic rings. The standard InChI is InChI=1S/C15H12F2O5S/c1-9(18)12-5-3-10(21-2)7-15(12)22-23(19,20)11-4-6-13(16)14(17)8-11/h3-8H,1-2H3. The van der Waals surface area contributed by atoms with Crippen molar-refractivity contribution in [3.05, 3.63) is 53.6 Å². The average Bonchev–Trinajstić information content (AvgIpc) is 2.49. The number of ether oxygens (including phenoxy) is 1. The minimum atomic E-state index is -4.45. The average molecular weight is 342 g/mol. The van der Waals surface area contributed by atoms with Crippen LogP contribution in [0.1, 0.15) is 17.3 Å². The van der Waals surface area contributed by atoms with Crippen LogP contribution >= 0.6 is 0 Å². The fourth-order valence-electron chi connectivity index (χ4n) is 1.79. The van der Waals surface area contributed by atoms with E-state index in [9.17, 15) is 22.0 Å². The Morgan fingerprint density at radius 2 is 1.74 bits per heavy atom. The zero-order valence-corrected chi connectivity index (χ0v) is 13.0. The highest BCUT2D eigenvalue weighted by molar-refractivity contribution is 7.87. The van der Waals surface area contributed by atoms with Gasteiger partial charge < -0.3 is 8.92 Å². The van der Waals surface area contributed by atoms with E-state index in [4.69, 9.17) is 8.92 Å². The molecule has 0 aromatic heterocycles. The van der Waals surface area contributed by atoms with Crippen molar-refractivity contribution >= 4 is 15.9 Å². The maximum absolute atomic E-state index is 13.2. The van der Waals surface area contributed by atoms with Gasteiger partial charge in [0.1, 0.15) is 10.6 Å². The van der Waals surface area contributed by atoms with E-state index in [2.05, 4.69) is 0 Å². The molecule has 2 rings (SSSR count). The lowest BCUT2D eigenvalue weighted by Crippen LogP contribution is -2.12. The van der Waals surface area contributed by atoms with Gasteiger partial charge in [-0.15, -0.1) is 0 Å². The van der Waals surface area contributed by atoms with Crippen LogP contribution in [0.4, 0.5) is 8.78 Å². The maximum atomic E-state index is 13.2. The summed E-state index contributed by atoms with van der Waals surface area (Å²) in [6.07, 6.45) is 0. The van der Waals surface area contributed by atoms with E-state index in [0.717, 1.165) is 6.07 Å². The second-order valence-corrected chi connectivity index (χ2v) is 6.08. The number of benzene rings is 2. The van der Waals surface area contributed by atoms with Gasteiger partial charge in [0.05, 0.1) is 12.7 Å². The Labute approximate surface area is 131 Å². The first-order chi connectivity index (χ1) is 10.7. The summed E-state index contributed by atoms with van der Waals surface area (Å²) < 4.78 is 60.3. The van der Waals surface area contributed by atoms with Crippen molar-refractivity contribution in [1.29, 1.82) is 0 Å². The molecule has 23 heavy (non-hydrogen) atoms. The van der Waals surface area contributed by atoms with Crippen molar-refractivity contribution in [2.75, 3.05) is 7.11 Å². The van der Waals surface area contributed by atoms with Crippen LogP contribution in [-0.2, 0) is 10.1 Å². The van der Waals surface area contributed by atoms with Gasteiger partial charge in [0.25, 0.3) is 0 Å². The third-order valence-corrected chi connectivity index (χ3v) is 4.18. The van der Waals surface area contributed by atoms with Gasteiger partial charge in [0.15, 0.2) is 23.2 Å². The summed E-state index contributed by atoms with van der Waals surface area (Å²) in [5, 5.41) is 0. The fraction of sp³-hybridized carbons (Fsp3) is 0.133. The molecule has 5 nitrogen and oxygen atoms in total. The van der Waals surface area contributed by atoms with Gasteiger partial charge in [0.2, 0.25) is 0 Å². The van der Waals surface area contributed by atoms with Crippen LogP contribution in [0.15, 0.2) is 41.3 Å². The molecule has 2 aromatic carbocycles. The number of methoxy groups -OCH3 is 1. The number of ketones is 1. The van der Waals surface area contributed by atoms with Gasteiger partial charge >= 0.3 is 10.1 Å². The van der Waals surface area contributed by atoms with Crippen molar-refractivity contribution < 1.29 is 30.9 Å². The second-order valence-electron chi connectivity index (χ2n) is 4.53. The van der Waals surface area contributed by atoms with Crippen LogP contribution in [0.5, 0.6) is 11.5 Å². The van der Waals surface area contributed by atoms with E-state index in [1.165, 1.54) is 32.2 Å². The van der Waals surface area contributed by atoms with Gasteiger partial charge in [-0.25, -0.2) is 8.78 Å². The van der Waals surface area contributed by atoms with Gasteiger partial charge in [0, 0.05) is 6.07 Å². The van der Waals surface area contributed by atoms with Gasteiger partial charge in [-0.2, -0.15) is 8.42 Å². The van der Waals surface area contributed by atoms with E-state index in [0.29, 0.717) is 12.1 Å². The molecule has 0 spiro atoms. The van der Waals surface area contributed by atoms with Gasteiger partial charge in [-0.1, -0.05) is 0 Å². The number of halogens is 2. The molecular weight excluding hydrogens is 330 g/mol. The summed E-state index contributed by atoms with van der Waals surface area (Å²) in [7, 11) is -3.09. The Morgan fingerprint density at radius 1 is 1.04 bits per heavy atom. The van der Waals surface area contributed by atoms with E-state index in [1.54, 1.807) is 0 Å². The molecule has 0 atom stereocenters. The topological polar surface area (TPSA) is 69.7 Å². The van der Waals surface area contributed by atoms with Crippen molar-refractivity contribution in [3.63, 3.8) is 0 Å². The third kappa shape index (κ3) is 3.65. The van der Waals surface area contributed by atoms with E-state index >= 15 is 0 Å². The largest absolute Gasteiger partial charge is 0.497 e. The molecule has 0 bridgehead atoms. The molecule has 2 aromatic rings. The number of Topliss-reactive ketones (excluding diaryl/α,β-unsaturated/α-hetero) is 1. The van der Waals surface area contributed by atoms with Crippen LogP contribution in [0.2, 0.25) is 0 Å². The van der Waals surface area contributed by atoms with E-state index < -0.39 is 32.4 Å². The normalized spacial score (nSPS) is 11.1. The molecule has 0 amide bonds. The van der Waals surface area contributed by atoms with Crippen molar-refractivity contribution in [1.82, 2.24) is 0 Å². The van der Waals surface area contributed by atoms with Crippen molar-refractivity contribution in [2.45, 2.75) is 11.8 Å². The number of hydrogen-bond donors (Lipinski definition) is 0. The van der Waals surface area contributed by atoms with E-state index in [-0.39, 0.29) is 17.1 Å². The Bertz CT molecular complexity index is 862. The third-order valence-electron chi connectivity index (χ3n) is 2.95. The summed E-state index contributed by atoms with van der Waals surface area (Å²) in [5.74, 6) is -2.93. The summed E-state index contributed by atoms with van der Waals surface area (Å²) in [4.78, 5) is 11.0. The lowest BCUT2D eigenvalue weighted by atomic mass is 10.1. The van der Waals surface area contributed by atoms with Gasteiger partial charge in [-0.3, -0.25) is 4.79 Å². The number of rotatable bonds is 5. The molecule has 0 radical (unpaired) electrons. The van der Waals surface area contributed by atoms with Crippen molar-refractivity contribution in [2.24, 2.45) is 0 Å². The summed E-state index contributed by atoms with van der Waals surface area (Å²) >= 11 is 0. The highest BCUT2D eigenvalue weighted by Crippen LogP contribution is 2.28. The maximum Gasteiger partial charge on any atom is 0.339 e. The predicted molar refractivity (Wildman–Crippen MR) is 77.2 cm³/mol.